The highest BCUT2D eigenvalue weighted by Crippen LogP contribution is 2.17. The van der Waals surface area contributed by atoms with Gasteiger partial charge in [-0.1, -0.05) is 12.1 Å². The van der Waals surface area contributed by atoms with Crippen LogP contribution < -0.4 is 5.32 Å². The Morgan fingerprint density at radius 2 is 2.16 bits per heavy atom. The van der Waals surface area contributed by atoms with E-state index < -0.39 is 4.92 Å². The number of hydrogen-bond acceptors (Lipinski definition) is 4. The number of benzene rings is 1. The number of carbonyl (C=O) groups is 1. The second-order valence-corrected chi connectivity index (χ2v) is 4.62. The minimum absolute atomic E-state index is 0.0555. The Morgan fingerprint density at radius 3 is 2.84 bits per heavy atom. The average molecular weight is 274 g/mol. The van der Waals surface area contributed by atoms with Crippen LogP contribution in [0.4, 0.5) is 11.4 Å². The van der Waals surface area contributed by atoms with Gasteiger partial charge in [0.15, 0.2) is 0 Å². The summed E-state index contributed by atoms with van der Waals surface area (Å²) in [5.74, 6) is -0.325. The normalized spacial score (nSPS) is 10.5. The number of nitrogens with one attached hydrogen (secondary N) is 1. The lowest BCUT2D eigenvalue weighted by Crippen LogP contribution is -2.07. The van der Waals surface area contributed by atoms with Crippen LogP contribution in [-0.2, 0) is 4.79 Å². The monoisotopic (exact) mass is 274 g/mol. The first-order valence-corrected chi connectivity index (χ1v) is 6.30. The van der Waals surface area contributed by atoms with Crippen LogP contribution >= 0.6 is 11.3 Å². The number of carbonyl (C=O) groups excluding carboxylic acids is 1. The lowest BCUT2D eigenvalue weighted by Gasteiger charge is -2.01. The standard InChI is InChI=1S/C13H10N2O3S/c16-13(7-6-12-5-2-8-19-12)14-10-3-1-4-11(9-10)15(17)18/h1-9H,(H,14,16)/b7-6+. The van der Waals surface area contributed by atoms with Crippen LogP contribution in [0.3, 0.4) is 0 Å². The Balaban J connectivity index is 2.03. The van der Waals surface area contributed by atoms with Gasteiger partial charge in [0.2, 0.25) is 5.91 Å². The van der Waals surface area contributed by atoms with Gasteiger partial charge in [-0.3, -0.25) is 14.9 Å². The summed E-state index contributed by atoms with van der Waals surface area (Å²) in [5, 5.41) is 15.1. The number of hydrogen-bond donors (Lipinski definition) is 1. The molecule has 0 radical (unpaired) electrons. The van der Waals surface area contributed by atoms with Crippen molar-refractivity contribution in [2.75, 3.05) is 5.32 Å². The molecule has 0 aliphatic heterocycles. The molecule has 1 aromatic carbocycles. The fraction of sp³-hybridized carbons (Fsp3) is 0. The van der Waals surface area contributed by atoms with Crippen molar-refractivity contribution in [3.63, 3.8) is 0 Å². The molecule has 19 heavy (non-hydrogen) atoms. The maximum Gasteiger partial charge on any atom is 0.271 e. The topological polar surface area (TPSA) is 72.2 Å². The average Bonchev–Trinajstić information content (AvgIpc) is 2.90. The molecule has 96 valence electrons. The van der Waals surface area contributed by atoms with Crippen molar-refractivity contribution in [1.82, 2.24) is 0 Å². The molecule has 0 saturated carbocycles. The number of nitro groups is 1. The number of thiophene rings is 1. The second kappa shape index (κ2) is 5.92. The molecule has 0 bridgehead atoms. The lowest BCUT2D eigenvalue weighted by molar-refractivity contribution is -0.384. The summed E-state index contributed by atoms with van der Waals surface area (Å²) in [6.45, 7) is 0. The van der Waals surface area contributed by atoms with Crippen LogP contribution in [0.5, 0.6) is 0 Å². The highest BCUT2D eigenvalue weighted by molar-refractivity contribution is 7.10. The van der Waals surface area contributed by atoms with E-state index in [-0.39, 0.29) is 11.6 Å². The summed E-state index contributed by atoms with van der Waals surface area (Å²) in [5.41, 5.74) is 0.343. The van der Waals surface area contributed by atoms with Gasteiger partial charge in [-0.2, -0.15) is 0 Å². The molecule has 0 unspecified atom stereocenters. The molecule has 1 N–H and O–H groups in total. The molecule has 5 nitrogen and oxygen atoms in total. The number of rotatable bonds is 4. The first kappa shape index (κ1) is 13.0. The van der Waals surface area contributed by atoms with Crippen molar-refractivity contribution in [2.45, 2.75) is 0 Å². The highest BCUT2D eigenvalue weighted by Gasteiger charge is 2.06. The van der Waals surface area contributed by atoms with E-state index in [1.807, 2.05) is 17.5 Å². The molecule has 0 fully saturated rings. The van der Waals surface area contributed by atoms with Crippen molar-refractivity contribution in [2.24, 2.45) is 0 Å². The number of nitro benzene ring substituents is 1. The second-order valence-electron chi connectivity index (χ2n) is 3.65. The van der Waals surface area contributed by atoms with Crippen molar-refractivity contribution < 1.29 is 9.72 Å². The van der Waals surface area contributed by atoms with Gasteiger partial charge in [0, 0.05) is 28.8 Å². The summed E-state index contributed by atoms with van der Waals surface area (Å²) < 4.78 is 0. The third-order valence-electron chi connectivity index (χ3n) is 2.27. The number of non-ortho nitro benzene ring substituents is 1. The van der Waals surface area contributed by atoms with E-state index in [1.165, 1.54) is 35.6 Å². The third kappa shape index (κ3) is 3.75. The number of amides is 1. The molecule has 2 aromatic rings. The van der Waals surface area contributed by atoms with Crippen LogP contribution in [-0.4, -0.2) is 10.8 Å². The molecular formula is C13H10N2O3S. The van der Waals surface area contributed by atoms with Gasteiger partial charge in [-0.25, -0.2) is 0 Å². The van der Waals surface area contributed by atoms with Gasteiger partial charge in [0.1, 0.15) is 0 Å². The SMILES string of the molecule is O=C(/C=C/c1cccs1)Nc1cccc([N+](=O)[O-])c1. The summed E-state index contributed by atoms with van der Waals surface area (Å²) in [6.07, 6.45) is 3.09. The van der Waals surface area contributed by atoms with Gasteiger partial charge >= 0.3 is 0 Å². The number of nitrogens with zero attached hydrogens (tertiary/aromatic N) is 1. The summed E-state index contributed by atoms with van der Waals surface area (Å²) in [6, 6.07) is 9.60. The predicted octanol–water partition coefficient (Wildman–Crippen LogP) is 3.31. The minimum Gasteiger partial charge on any atom is -0.322 e. The van der Waals surface area contributed by atoms with Crippen molar-refractivity contribution in [1.29, 1.82) is 0 Å². The maximum absolute atomic E-state index is 11.6. The van der Waals surface area contributed by atoms with E-state index in [0.717, 1.165) is 4.88 Å². The van der Waals surface area contributed by atoms with E-state index in [2.05, 4.69) is 5.32 Å². The predicted molar refractivity (Wildman–Crippen MR) is 75.1 cm³/mol. The zero-order chi connectivity index (χ0) is 13.7. The minimum atomic E-state index is -0.503. The first-order valence-electron chi connectivity index (χ1n) is 5.42. The smallest absolute Gasteiger partial charge is 0.271 e. The fourth-order valence-electron chi connectivity index (χ4n) is 1.43. The highest BCUT2D eigenvalue weighted by atomic mass is 32.1. The van der Waals surface area contributed by atoms with Gasteiger partial charge in [0.25, 0.3) is 5.69 Å². The van der Waals surface area contributed by atoms with Crippen LogP contribution in [0.1, 0.15) is 4.88 Å². The van der Waals surface area contributed by atoms with Gasteiger partial charge < -0.3 is 5.32 Å². The Labute approximate surface area is 113 Å². The molecule has 0 aliphatic carbocycles. The van der Waals surface area contributed by atoms with Crippen LogP contribution in [0, 0.1) is 10.1 Å². The molecule has 0 aliphatic rings. The van der Waals surface area contributed by atoms with E-state index in [1.54, 1.807) is 12.1 Å². The maximum atomic E-state index is 11.6. The molecule has 0 atom stereocenters. The van der Waals surface area contributed by atoms with E-state index in [0.29, 0.717) is 5.69 Å². The van der Waals surface area contributed by atoms with Crippen LogP contribution in [0.15, 0.2) is 47.9 Å². The van der Waals surface area contributed by atoms with Gasteiger partial charge in [0.05, 0.1) is 4.92 Å². The summed E-state index contributed by atoms with van der Waals surface area (Å²) in [7, 11) is 0. The molecule has 0 spiro atoms. The van der Waals surface area contributed by atoms with Crippen molar-refractivity contribution in [3.05, 3.63) is 62.8 Å². The Morgan fingerprint density at radius 1 is 1.32 bits per heavy atom. The number of anilines is 1. The summed E-state index contributed by atoms with van der Waals surface area (Å²) >= 11 is 1.52. The van der Waals surface area contributed by atoms with E-state index in [9.17, 15) is 14.9 Å². The van der Waals surface area contributed by atoms with Crippen LogP contribution in [0.25, 0.3) is 6.08 Å². The molecule has 1 aromatic heterocycles. The Bertz CT molecular complexity index is 621. The zero-order valence-electron chi connectivity index (χ0n) is 9.78. The Hall–Kier alpha value is -2.47. The van der Waals surface area contributed by atoms with Crippen LogP contribution in [0.2, 0.25) is 0 Å². The largest absolute Gasteiger partial charge is 0.322 e. The van der Waals surface area contributed by atoms with Crippen molar-refractivity contribution in [3.8, 4) is 0 Å². The zero-order valence-corrected chi connectivity index (χ0v) is 10.6. The van der Waals surface area contributed by atoms with E-state index >= 15 is 0 Å². The van der Waals surface area contributed by atoms with Crippen molar-refractivity contribution >= 4 is 34.7 Å². The van der Waals surface area contributed by atoms with E-state index in [4.69, 9.17) is 0 Å². The quantitative estimate of drug-likeness (QED) is 0.528. The molecular weight excluding hydrogens is 264 g/mol. The molecule has 1 amide bonds. The molecule has 0 saturated heterocycles. The first-order chi connectivity index (χ1) is 9.15. The molecule has 2 rings (SSSR count). The summed E-state index contributed by atoms with van der Waals surface area (Å²) in [4.78, 5) is 22.7. The Kier molecular flexibility index (Phi) is 4.04. The van der Waals surface area contributed by atoms with Gasteiger partial charge in [-0.15, -0.1) is 11.3 Å². The third-order valence-corrected chi connectivity index (χ3v) is 3.10. The lowest BCUT2D eigenvalue weighted by atomic mass is 10.3. The molecule has 1 heterocycles. The van der Waals surface area contributed by atoms with Gasteiger partial charge in [-0.05, 0) is 23.6 Å². The fourth-order valence-corrected chi connectivity index (χ4v) is 2.04. The molecule has 6 heteroatoms.